The minimum absolute atomic E-state index is 0. The lowest BCUT2D eigenvalue weighted by atomic mass is 9.96. The highest BCUT2D eigenvalue weighted by molar-refractivity contribution is 7.59. The fourth-order valence-electron chi connectivity index (χ4n) is 6.35. The number of nitrogens with two attached hydrogens (primary N) is 1. The minimum Gasteiger partial charge on any atom is -0.456 e. The number of benzene rings is 6. The van der Waals surface area contributed by atoms with E-state index in [0.29, 0.717) is 0 Å². The van der Waals surface area contributed by atoms with Crippen molar-refractivity contribution < 1.29 is 4.42 Å². The number of nitrogens with one attached hydrogen (secondary N) is 1. The van der Waals surface area contributed by atoms with Crippen molar-refractivity contribution in [3.8, 4) is 33.4 Å². The molecule has 3 nitrogen and oxygen atoms in total. The summed E-state index contributed by atoms with van der Waals surface area (Å²) in [4.78, 5) is 0. The highest BCUT2D eigenvalue weighted by Gasteiger charge is 2.08. The predicted octanol–water partition coefficient (Wildman–Crippen LogP) is 14.7. The fraction of sp³-hybridized carbons (Fsp3) is 0.135. The summed E-state index contributed by atoms with van der Waals surface area (Å²) in [6.07, 6.45) is 16.2. The number of nitrogen functional groups attached to an aromatic ring is 1. The quantitative estimate of drug-likeness (QED) is 0.0922. The molecule has 0 saturated heterocycles. The number of rotatable bonds is 8. The zero-order valence-corrected chi connectivity index (χ0v) is 33.7. The van der Waals surface area contributed by atoms with E-state index >= 15 is 0 Å². The van der Waals surface area contributed by atoms with Crippen LogP contribution in [-0.4, -0.2) is 5.84 Å². The Hall–Kier alpha value is -6.10. The smallest absolute Gasteiger partial charge is 0.135 e. The number of hydrogen-bond acceptors (Lipinski definition) is 2. The van der Waals surface area contributed by atoms with E-state index in [4.69, 9.17) is 15.6 Å². The zero-order chi connectivity index (χ0) is 38.8. The van der Waals surface area contributed by atoms with Crippen molar-refractivity contribution in [2.24, 2.45) is 5.73 Å². The molecule has 0 radical (unpaired) electrons. The standard InChI is InChI=1S/C25H20N2.C19H16O.C5H10.C3H6.H2S/c26-25(27)24-11-5-10-23(17-24)22-9-4-8-21(16-22)20-14-12-19(13-15-20)18-6-2-1-3-7-18;1-2-6-14(7-3-1)12-15-10-11-17-16-8-4-5-9-18(16)20-19(17)13-15;1-3-5-4-2;1-3-2;/h1-17H,(H3,26,27);2,4-11,13H,1,3,12H2;3H,1,4-5H2,2H3;3H,1H2,2H3;1H2. The van der Waals surface area contributed by atoms with Crippen LogP contribution in [-0.2, 0) is 6.42 Å². The van der Waals surface area contributed by atoms with E-state index < -0.39 is 0 Å². The van der Waals surface area contributed by atoms with Gasteiger partial charge in [-0.1, -0.05) is 165 Å². The summed E-state index contributed by atoms with van der Waals surface area (Å²) in [7, 11) is 0. The van der Waals surface area contributed by atoms with E-state index in [2.05, 4.69) is 141 Å². The molecule has 0 fully saturated rings. The van der Waals surface area contributed by atoms with Crippen LogP contribution < -0.4 is 5.73 Å². The average Bonchev–Trinajstić information content (AvgIpc) is 3.61. The SMILES string of the molecule is C1=CC(Cc2ccc3c(c2)oc2ccccc23)=CCC1.C=CC.C=CCCC.N=C(N)c1cccc(-c2cccc(-c3ccc(-c4ccccc4)cc3)c2)c1.S. The van der Waals surface area contributed by atoms with E-state index in [-0.39, 0.29) is 19.3 Å². The summed E-state index contributed by atoms with van der Waals surface area (Å²) < 4.78 is 5.94. The summed E-state index contributed by atoms with van der Waals surface area (Å²) in [6.45, 7) is 10.9. The van der Waals surface area contributed by atoms with Gasteiger partial charge in [0, 0.05) is 16.3 Å². The van der Waals surface area contributed by atoms with E-state index in [1.807, 2.05) is 55.5 Å². The minimum atomic E-state index is 0. The fourth-order valence-corrected chi connectivity index (χ4v) is 6.35. The van der Waals surface area contributed by atoms with Crippen molar-refractivity contribution in [1.82, 2.24) is 0 Å². The first kappa shape index (κ1) is 42.6. The largest absolute Gasteiger partial charge is 0.456 e. The van der Waals surface area contributed by atoms with Crippen LogP contribution in [0.2, 0.25) is 0 Å². The van der Waals surface area contributed by atoms with Crippen LogP contribution in [0.5, 0.6) is 0 Å². The van der Waals surface area contributed by atoms with Crippen molar-refractivity contribution in [3.05, 3.63) is 206 Å². The molecule has 1 heterocycles. The third-order valence-electron chi connectivity index (χ3n) is 9.11. The second kappa shape index (κ2) is 22.3. The Balaban J connectivity index is 0.000000211. The molecule has 0 saturated carbocycles. The number of para-hydroxylation sites is 1. The van der Waals surface area contributed by atoms with Crippen LogP contribution in [0, 0.1) is 5.41 Å². The number of hydrogen-bond donors (Lipinski definition) is 2. The molecule has 0 unspecified atom stereocenters. The molecule has 0 spiro atoms. The lowest BCUT2D eigenvalue weighted by molar-refractivity contribution is 0.668. The molecule has 0 amide bonds. The Morgan fingerprint density at radius 1 is 0.661 bits per heavy atom. The molecular weight excluding hydrogens is 701 g/mol. The normalized spacial score (nSPS) is 11.3. The molecule has 3 N–H and O–H groups in total. The summed E-state index contributed by atoms with van der Waals surface area (Å²) in [6, 6.07) is 50.1. The van der Waals surface area contributed by atoms with Crippen molar-refractivity contribution >= 4 is 41.3 Å². The Morgan fingerprint density at radius 3 is 1.86 bits per heavy atom. The molecule has 1 aliphatic rings. The summed E-state index contributed by atoms with van der Waals surface area (Å²) in [5.74, 6) is 0.0875. The summed E-state index contributed by atoms with van der Waals surface area (Å²) in [5, 5.41) is 10.0. The van der Waals surface area contributed by atoms with Gasteiger partial charge in [-0.15, -0.1) is 13.2 Å². The zero-order valence-electron chi connectivity index (χ0n) is 32.7. The molecule has 7 aromatic rings. The molecular formula is C52H54N2OS. The highest BCUT2D eigenvalue weighted by Crippen LogP contribution is 2.31. The number of fused-ring (bicyclic) bond motifs is 3. The van der Waals surface area contributed by atoms with Crippen LogP contribution in [0.3, 0.4) is 0 Å². The monoisotopic (exact) mass is 754 g/mol. The molecule has 6 aromatic carbocycles. The van der Waals surface area contributed by atoms with Gasteiger partial charge in [0.1, 0.15) is 17.0 Å². The van der Waals surface area contributed by atoms with Gasteiger partial charge in [0.2, 0.25) is 0 Å². The second-order valence-electron chi connectivity index (χ2n) is 13.4. The Bertz CT molecular complexity index is 2380. The summed E-state index contributed by atoms with van der Waals surface area (Å²) in [5.41, 5.74) is 18.0. The highest BCUT2D eigenvalue weighted by atomic mass is 32.1. The molecule has 1 aromatic heterocycles. The van der Waals surface area contributed by atoms with Gasteiger partial charge < -0.3 is 10.2 Å². The number of amidine groups is 1. The topological polar surface area (TPSA) is 63.0 Å². The molecule has 8 rings (SSSR count). The van der Waals surface area contributed by atoms with Crippen LogP contribution >= 0.6 is 13.5 Å². The first-order chi connectivity index (χ1) is 26.9. The maximum absolute atomic E-state index is 7.64. The predicted molar refractivity (Wildman–Crippen MR) is 249 cm³/mol. The van der Waals surface area contributed by atoms with Gasteiger partial charge in [0.15, 0.2) is 0 Å². The Kier molecular flexibility index (Phi) is 17.0. The van der Waals surface area contributed by atoms with Crippen LogP contribution in [0.15, 0.2) is 199 Å². The first-order valence-electron chi connectivity index (χ1n) is 19.1. The third-order valence-corrected chi connectivity index (χ3v) is 9.11. The van der Waals surface area contributed by atoms with Crippen molar-refractivity contribution in [3.63, 3.8) is 0 Å². The number of furan rings is 1. The maximum atomic E-state index is 7.64. The van der Waals surface area contributed by atoms with Gasteiger partial charge in [-0.05, 0) is 101 Å². The molecule has 0 aliphatic heterocycles. The van der Waals surface area contributed by atoms with Gasteiger partial charge in [-0.3, -0.25) is 5.41 Å². The van der Waals surface area contributed by atoms with Crippen molar-refractivity contribution in [2.45, 2.75) is 46.0 Å². The molecule has 1 aliphatic carbocycles. The van der Waals surface area contributed by atoms with Crippen LogP contribution in [0.1, 0.15) is 50.7 Å². The van der Waals surface area contributed by atoms with Crippen LogP contribution in [0.4, 0.5) is 0 Å². The molecule has 0 bridgehead atoms. The van der Waals surface area contributed by atoms with Crippen LogP contribution in [0.25, 0.3) is 55.3 Å². The van der Waals surface area contributed by atoms with Crippen molar-refractivity contribution in [2.75, 3.05) is 0 Å². The Labute approximate surface area is 340 Å². The lowest BCUT2D eigenvalue weighted by Crippen LogP contribution is -2.10. The first-order valence-corrected chi connectivity index (χ1v) is 19.1. The average molecular weight is 755 g/mol. The van der Waals surface area contributed by atoms with Gasteiger partial charge in [-0.25, -0.2) is 0 Å². The Morgan fingerprint density at radius 2 is 1.23 bits per heavy atom. The molecule has 56 heavy (non-hydrogen) atoms. The molecule has 284 valence electrons. The number of unbranched alkanes of at least 4 members (excludes halogenated alkanes) is 1. The number of allylic oxidation sites excluding steroid dienone is 6. The lowest BCUT2D eigenvalue weighted by Gasteiger charge is -2.09. The maximum Gasteiger partial charge on any atom is 0.135 e. The third kappa shape index (κ3) is 11.9. The van der Waals surface area contributed by atoms with E-state index in [9.17, 15) is 0 Å². The van der Waals surface area contributed by atoms with E-state index in [0.717, 1.165) is 40.7 Å². The van der Waals surface area contributed by atoms with E-state index in [1.165, 1.54) is 63.4 Å². The second-order valence-corrected chi connectivity index (χ2v) is 13.4. The summed E-state index contributed by atoms with van der Waals surface area (Å²) >= 11 is 0. The van der Waals surface area contributed by atoms with Gasteiger partial charge >= 0.3 is 0 Å². The van der Waals surface area contributed by atoms with E-state index in [1.54, 1.807) is 6.08 Å². The van der Waals surface area contributed by atoms with Gasteiger partial charge in [0.05, 0.1) is 0 Å². The van der Waals surface area contributed by atoms with Gasteiger partial charge in [0.25, 0.3) is 0 Å². The van der Waals surface area contributed by atoms with Gasteiger partial charge in [-0.2, -0.15) is 13.5 Å². The molecule has 0 atom stereocenters. The molecule has 4 heteroatoms. The van der Waals surface area contributed by atoms with Crippen molar-refractivity contribution in [1.29, 1.82) is 5.41 Å².